The molecule has 4 atom stereocenters. The molecule has 8 heteroatoms. The number of carbonyl (C=O) groups excluding carboxylic acids is 1. The largest absolute Gasteiger partial charge is 0.429 e. The van der Waals surface area contributed by atoms with Gasteiger partial charge in [-0.15, -0.1) is 0 Å². The summed E-state index contributed by atoms with van der Waals surface area (Å²) in [6.07, 6.45) is -5.06. The number of hydrogen-bond acceptors (Lipinski definition) is 2. The second kappa shape index (κ2) is 9.30. The zero-order chi connectivity index (χ0) is 24.6. The van der Waals surface area contributed by atoms with Crippen LogP contribution in [0.2, 0.25) is 0 Å². The third-order valence-corrected chi connectivity index (χ3v) is 8.04. The van der Waals surface area contributed by atoms with Crippen molar-refractivity contribution in [3.05, 3.63) is 12.2 Å². The molecule has 186 valence electrons. The minimum absolute atomic E-state index is 0.0132. The Hall–Kier alpha value is -1.05. The number of allylic oxidation sites excluding steroid dienone is 1. The molecule has 0 heterocycles. The first-order valence-corrected chi connectivity index (χ1v) is 11.5. The Morgan fingerprint density at radius 1 is 1.12 bits per heavy atom. The van der Waals surface area contributed by atoms with Gasteiger partial charge in [0, 0.05) is 12.3 Å². The monoisotopic (exact) mass is 470 g/mol. The van der Waals surface area contributed by atoms with Crippen LogP contribution in [0.1, 0.15) is 85.5 Å². The SMILES string of the molecule is CC(C)CCC[C@@](C)(C/C=C/C(O)(C(F)(F)F)C(F)(F)F)[C@H]1CCC2C(=O)CCC[C@@]21C. The summed E-state index contributed by atoms with van der Waals surface area (Å²) in [5.41, 5.74) is -5.73. The number of hydrogen-bond donors (Lipinski definition) is 1. The highest BCUT2D eigenvalue weighted by molar-refractivity contribution is 5.83. The minimum Gasteiger partial charge on any atom is -0.370 e. The average Bonchev–Trinajstić information content (AvgIpc) is 2.98. The molecule has 0 amide bonds. The maximum Gasteiger partial charge on any atom is 0.429 e. The van der Waals surface area contributed by atoms with E-state index in [-0.39, 0.29) is 35.5 Å². The van der Waals surface area contributed by atoms with Crippen molar-refractivity contribution in [3.8, 4) is 0 Å². The fourth-order valence-electron chi connectivity index (χ4n) is 6.26. The lowest BCUT2D eigenvalue weighted by atomic mass is 9.56. The molecule has 32 heavy (non-hydrogen) atoms. The molecule has 0 aliphatic heterocycles. The summed E-state index contributed by atoms with van der Waals surface area (Å²) in [6.45, 7) is 8.13. The van der Waals surface area contributed by atoms with Gasteiger partial charge in [-0.3, -0.25) is 4.79 Å². The Morgan fingerprint density at radius 3 is 2.25 bits per heavy atom. The predicted octanol–water partition coefficient (Wildman–Crippen LogP) is 7.41. The smallest absolute Gasteiger partial charge is 0.370 e. The van der Waals surface area contributed by atoms with E-state index < -0.39 is 23.4 Å². The lowest BCUT2D eigenvalue weighted by Crippen LogP contribution is -2.55. The van der Waals surface area contributed by atoms with E-state index in [1.165, 1.54) is 0 Å². The Bertz CT molecular complexity index is 682. The van der Waals surface area contributed by atoms with E-state index >= 15 is 0 Å². The number of Topliss-reactive ketones (excluding diaryl/α,β-unsaturated/α-hetero) is 1. The summed E-state index contributed by atoms with van der Waals surface area (Å²) < 4.78 is 78.5. The van der Waals surface area contributed by atoms with Crippen molar-refractivity contribution in [2.24, 2.45) is 28.6 Å². The lowest BCUT2D eigenvalue weighted by molar-refractivity contribution is -0.347. The van der Waals surface area contributed by atoms with Crippen molar-refractivity contribution in [2.75, 3.05) is 0 Å². The van der Waals surface area contributed by atoms with Crippen LogP contribution in [-0.2, 0) is 4.79 Å². The molecule has 1 unspecified atom stereocenters. The highest BCUT2D eigenvalue weighted by atomic mass is 19.4. The van der Waals surface area contributed by atoms with Crippen LogP contribution in [0.25, 0.3) is 0 Å². The summed E-state index contributed by atoms with van der Waals surface area (Å²) in [7, 11) is 0. The number of ketones is 1. The first-order valence-electron chi connectivity index (χ1n) is 11.5. The molecular formula is C24H36F6O2. The molecule has 0 aromatic rings. The normalized spacial score (nSPS) is 29.6. The van der Waals surface area contributed by atoms with Crippen LogP contribution in [0.15, 0.2) is 12.2 Å². The van der Waals surface area contributed by atoms with Crippen LogP contribution >= 0.6 is 0 Å². The van der Waals surface area contributed by atoms with Crippen LogP contribution in [-0.4, -0.2) is 28.8 Å². The summed E-state index contributed by atoms with van der Waals surface area (Å²) in [5, 5.41) is 9.49. The Balaban J connectivity index is 2.34. The van der Waals surface area contributed by atoms with Gasteiger partial charge in [-0.1, -0.05) is 46.6 Å². The predicted molar refractivity (Wildman–Crippen MR) is 111 cm³/mol. The van der Waals surface area contributed by atoms with Gasteiger partial charge in [-0.2, -0.15) is 26.3 Å². The van der Waals surface area contributed by atoms with E-state index in [1.54, 1.807) is 0 Å². The van der Waals surface area contributed by atoms with E-state index in [4.69, 9.17) is 0 Å². The maximum atomic E-state index is 13.1. The second-order valence-corrected chi connectivity index (χ2v) is 10.8. The van der Waals surface area contributed by atoms with E-state index in [1.807, 2.05) is 6.92 Å². The molecule has 2 aliphatic rings. The molecule has 0 aromatic heterocycles. The number of alkyl halides is 6. The molecule has 0 saturated heterocycles. The van der Waals surface area contributed by atoms with Crippen LogP contribution in [0, 0.1) is 28.6 Å². The molecule has 0 aromatic carbocycles. The van der Waals surface area contributed by atoms with Crippen molar-refractivity contribution in [1.29, 1.82) is 0 Å². The molecule has 0 spiro atoms. The third-order valence-electron chi connectivity index (χ3n) is 8.04. The molecule has 0 bridgehead atoms. The molecular weight excluding hydrogens is 434 g/mol. The quantitative estimate of drug-likeness (QED) is 0.296. The van der Waals surface area contributed by atoms with Gasteiger partial charge in [0.1, 0.15) is 5.78 Å². The molecule has 2 fully saturated rings. The van der Waals surface area contributed by atoms with Gasteiger partial charge in [0.2, 0.25) is 0 Å². The van der Waals surface area contributed by atoms with Crippen LogP contribution in [0.5, 0.6) is 0 Å². The summed E-state index contributed by atoms with van der Waals surface area (Å²) in [6, 6.07) is 0. The van der Waals surface area contributed by atoms with E-state index in [9.17, 15) is 36.2 Å². The van der Waals surface area contributed by atoms with Gasteiger partial charge < -0.3 is 5.11 Å². The van der Waals surface area contributed by atoms with Gasteiger partial charge in [-0.25, -0.2) is 0 Å². The van der Waals surface area contributed by atoms with Crippen molar-refractivity contribution < 1.29 is 36.2 Å². The summed E-state index contributed by atoms with van der Waals surface area (Å²) >= 11 is 0. The third kappa shape index (κ3) is 5.20. The molecule has 1 N–H and O–H groups in total. The highest BCUT2D eigenvalue weighted by Crippen LogP contribution is 2.61. The maximum absolute atomic E-state index is 13.1. The average molecular weight is 471 g/mol. The number of aliphatic hydroxyl groups is 1. The first kappa shape index (κ1) is 27.2. The standard InChI is InChI=1S/C24H36F6O2/c1-16(2)8-5-12-20(3,13-7-15-22(32,23(25,26)27)24(28,29)30)19-11-10-17-18(31)9-6-14-21(17,19)4/h7,15-17,19,32H,5-6,8-14H2,1-4H3/b15-7+/t17?,19-,20+,21+/m1/s1. The number of carbonyl (C=O) groups is 1. The molecule has 2 rings (SSSR count). The molecule has 2 saturated carbocycles. The van der Waals surface area contributed by atoms with E-state index in [0.717, 1.165) is 44.6 Å². The van der Waals surface area contributed by atoms with Gasteiger partial charge in [0.05, 0.1) is 0 Å². The zero-order valence-electron chi connectivity index (χ0n) is 19.4. The fraction of sp³-hybridized carbons (Fsp3) is 0.875. The molecule has 2 nitrogen and oxygen atoms in total. The first-order chi connectivity index (χ1) is 14.5. The van der Waals surface area contributed by atoms with Crippen molar-refractivity contribution in [3.63, 3.8) is 0 Å². The minimum atomic E-state index is -5.87. The highest BCUT2D eigenvalue weighted by Gasteiger charge is 2.69. The van der Waals surface area contributed by atoms with E-state index in [2.05, 4.69) is 20.8 Å². The lowest BCUT2D eigenvalue weighted by Gasteiger charge is -2.48. The number of fused-ring (bicyclic) bond motifs is 1. The van der Waals surface area contributed by atoms with Crippen molar-refractivity contribution >= 4 is 5.78 Å². The van der Waals surface area contributed by atoms with Gasteiger partial charge in [0.25, 0.3) is 5.60 Å². The van der Waals surface area contributed by atoms with Gasteiger partial charge in [0.15, 0.2) is 0 Å². The fourth-order valence-corrected chi connectivity index (χ4v) is 6.26. The Labute approximate surface area is 186 Å². The van der Waals surface area contributed by atoms with Gasteiger partial charge >= 0.3 is 12.4 Å². The Kier molecular flexibility index (Phi) is 7.90. The van der Waals surface area contributed by atoms with Crippen molar-refractivity contribution in [1.82, 2.24) is 0 Å². The van der Waals surface area contributed by atoms with Crippen molar-refractivity contribution in [2.45, 2.75) is 103 Å². The topological polar surface area (TPSA) is 37.3 Å². The number of rotatable bonds is 8. The van der Waals surface area contributed by atoms with Crippen LogP contribution < -0.4 is 0 Å². The van der Waals surface area contributed by atoms with E-state index in [0.29, 0.717) is 18.8 Å². The molecule has 2 aliphatic carbocycles. The molecule has 0 radical (unpaired) electrons. The zero-order valence-corrected chi connectivity index (χ0v) is 19.4. The Morgan fingerprint density at radius 2 is 1.72 bits per heavy atom. The van der Waals surface area contributed by atoms with Gasteiger partial charge in [-0.05, 0) is 67.3 Å². The van der Waals surface area contributed by atoms with Crippen LogP contribution in [0.4, 0.5) is 26.3 Å². The summed E-state index contributed by atoms with van der Waals surface area (Å²) in [5.74, 6) is 0.589. The second-order valence-electron chi connectivity index (χ2n) is 10.8. The number of halogens is 6. The van der Waals surface area contributed by atoms with Crippen LogP contribution in [0.3, 0.4) is 0 Å². The summed E-state index contributed by atoms with van der Waals surface area (Å²) in [4.78, 5) is 12.5.